The Bertz CT molecular complexity index is 713. The van der Waals surface area contributed by atoms with E-state index in [1.807, 2.05) is 48.5 Å². The number of nitrogens with one attached hydrogen (secondary N) is 3. The summed E-state index contributed by atoms with van der Waals surface area (Å²) in [6, 6.07) is 18.5. The largest absolute Gasteiger partial charge is 0.352 e. The minimum absolute atomic E-state index is 0.0408. The molecule has 2 aromatic rings. The molecule has 5 nitrogen and oxygen atoms in total. The number of rotatable bonds is 6. The van der Waals surface area contributed by atoms with Gasteiger partial charge in [-0.05, 0) is 37.1 Å². The maximum atomic E-state index is 12.5. The number of carbonyl (C=O) groups is 2. The van der Waals surface area contributed by atoms with Crippen molar-refractivity contribution in [3.63, 3.8) is 0 Å². The first-order valence-corrected chi connectivity index (χ1v) is 9.13. The van der Waals surface area contributed by atoms with Gasteiger partial charge in [0.25, 0.3) is 5.91 Å². The summed E-state index contributed by atoms with van der Waals surface area (Å²) in [4.78, 5) is 25.1. The van der Waals surface area contributed by atoms with Crippen LogP contribution in [0.4, 0.5) is 0 Å². The summed E-state index contributed by atoms with van der Waals surface area (Å²) >= 11 is 0. The molecule has 3 rings (SSSR count). The van der Waals surface area contributed by atoms with E-state index in [0.29, 0.717) is 5.56 Å². The van der Waals surface area contributed by atoms with Crippen LogP contribution in [-0.4, -0.2) is 30.9 Å². The molecule has 0 aromatic heterocycles. The molecule has 1 aliphatic rings. The molecule has 2 aromatic carbocycles. The highest BCUT2D eigenvalue weighted by Gasteiger charge is 2.21. The maximum absolute atomic E-state index is 12.5. The van der Waals surface area contributed by atoms with E-state index in [1.54, 1.807) is 12.1 Å². The number of piperidine rings is 1. The van der Waals surface area contributed by atoms with Gasteiger partial charge in [0.2, 0.25) is 5.91 Å². The van der Waals surface area contributed by atoms with Crippen LogP contribution in [0.1, 0.15) is 41.2 Å². The molecule has 0 bridgehead atoms. The molecular formula is C21H25N3O2. The van der Waals surface area contributed by atoms with E-state index in [9.17, 15) is 9.59 Å². The molecule has 2 amide bonds. The van der Waals surface area contributed by atoms with Gasteiger partial charge in [-0.2, -0.15) is 0 Å². The Balaban J connectivity index is 1.67. The molecule has 2 unspecified atom stereocenters. The van der Waals surface area contributed by atoms with Crippen molar-refractivity contribution in [2.45, 2.75) is 31.3 Å². The molecule has 0 radical (unpaired) electrons. The lowest BCUT2D eigenvalue weighted by Crippen LogP contribution is -2.46. The standard InChI is InChI=1S/C21H25N3O2/c25-20(23-18-12-7-13-22-15-18)14-19(16-8-3-1-4-9-16)24-21(26)17-10-5-2-6-11-17/h1-6,8-11,18-19,22H,7,12-15H2,(H,23,25)(H,24,26). The van der Waals surface area contributed by atoms with Crippen molar-refractivity contribution in [1.29, 1.82) is 0 Å². The molecule has 2 atom stereocenters. The lowest BCUT2D eigenvalue weighted by atomic mass is 10.0. The average molecular weight is 351 g/mol. The third kappa shape index (κ3) is 5.17. The van der Waals surface area contributed by atoms with Gasteiger partial charge in [0.05, 0.1) is 12.5 Å². The monoisotopic (exact) mass is 351 g/mol. The summed E-state index contributed by atoms with van der Waals surface area (Å²) in [7, 11) is 0. The predicted molar refractivity (Wildman–Crippen MR) is 102 cm³/mol. The highest BCUT2D eigenvalue weighted by Crippen LogP contribution is 2.18. The van der Waals surface area contributed by atoms with Crippen molar-refractivity contribution in [1.82, 2.24) is 16.0 Å². The van der Waals surface area contributed by atoms with Crippen molar-refractivity contribution in [3.05, 3.63) is 71.8 Å². The quantitative estimate of drug-likeness (QED) is 0.748. The van der Waals surface area contributed by atoms with Crippen LogP contribution < -0.4 is 16.0 Å². The summed E-state index contributed by atoms with van der Waals surface area (Å²) in [6.45, 7) is 1.81. The summed E-state index contributed by atoms with van der Waals surface area (Å²) < 4.78 is 0. The van der Waals surface area contributed by atoms with Crippen LogP contribution in [0.25, 0.3) is 0 Å². The van der Waals surface area contributed by atoms with Gasteiger partial charge in [-0.3, -0.25) is 9.59 Å². The second kappa shape index (κ2) is 9.15. The number of amides is 2. The molecule has 1 saturated heterocycles. The van der Waals surface area contributed by atoms with E-state index in [2.05, 4.69) is 16.0 Å². The van der Waals surface area contributed by atoms with Gasteiger partial charge in [0, 0.05) is 18.2 Å². The van der Waals surface area contributed by atoms with Gasteiger partial charge in [0.15, 0.2) is 0 Å². The van der Waals surface area contributed by atoms with E-state index in [1.165, 1.54) is 0 Å². The first-order valence-electron chi connectivity index (χ1n) is 9.13. The molecule has 0 saturated carbocycles. The van der Waals surface area contributed by atoms with Gasteiger partial charge >= 0.3 is 0 Å². The molecule has 1 heterocycles. The Morgan fingerprint density at radius 1 is 1.04 bits per heavy atom. The van der Waals surface area contributed by atoms with Crippen molar-refractivity contribution < 1.29 is 9.59 Å². The minimum Gasteiger partial charge on any atom is -0.352 e. The Hall–Kier alpha value is -2.66. The van der Waals surface area contributed by atoms with Gasteiger partial charge in [-0.15, -0.1) is 0 Å². The number of hydrogen-bond donors (Lipinski definition) is 3. The van der Waals surface area contributed by atoms with Crippen molar-refractivity contribution in [2.75, 3.05) is 13.1 Å². The zero-order valence-electron chi connectivity index (χ0n) is 14.8. The number of hydrogen-bond acceptors (Lipinski definition) is 3. The predicted octanol–water partition coefficient (Wildman–Crippen LogP) is 2.42. The number of benzene rings is 2. The van der Waals surface area contributed by atoms with E-state index >= 15 is 0 Å². The second-order valence-corrected chi connectivity index (χ2v) is 6.62. The lowest BCUT2D eigenvalue weighted by Gasteiger charge is -2.25. The van der Waals surface area contributed by atoms with Gasteiger partial charge in [0.1, 0.15) is 0 Å². The highest BCUT2D eigenvalue weighted by molar-refractivity contribution is 5.94. The smallest absolute Gasteiger partial charge is 0.251 e. The molecule has 0 aliphatic carbocycles. The summed E-state index contributed by atoms with van der Waals surface area (Å²) in [5.41, 5.74) is 1.51. The third-order valence-electron chi connectivity index (χ3n) is 4.59. The highest BCUT2D eigenvalue weighted by atomic mass is 16.2. The normalized spacial score (nSPS) is 17.9. The van der Waals surface area contributed by atoms with E-state index in [-0.39, 0.29) is 30.3 Å². The van der Waals surface area contributed by atoms with Crippen LogP contribution in [0, 0.1) is 0 Å². The Morgan fingerprint density at radius 3 is 2.38 bits per heavy atom. The fourth-order valence-electron chi connectivity index (χ4n) is 3.22. The third-order valence-corrected chi connectivity index (χ3v) is 4.59. The Morgan fingerprint density at radius 2 is 1.73 bits per heavy atom. The SMILES string of the molecule is O=C(CC(NC(=O)c1ccccc1)c1ccccc1)NC1CCCNC1. The molecule has 0 spiro atoms. The van der Waals surface area contributed by atoms with Crippen LogP contribution in [0.15, 0.2) is 60.7 Å². The van der Waals surface area contributed by atoms with Crippen LogP contribution in [-0.2, 0) is 4.79 Å². The first-order chi connectivity index (χ1) is 12.7. The molecule has 5 heteroatoms. The number of carbonyl (C=O) groups excluding carboxylic acids is 2. The summed E-state index contributed by atoms with van der Waals surface area (Å²) in [5, 5.41) is 9.38. The van der Waals surface area contributed by atoms with Crippen LogP contribution in [0.2, 0.25) is 0 Å². The van der Waals surface area contributed by atoms with E-state index < -0.39 is 0 Å². The molecule has 26 heavy (non-hydrogen) atoms. The molecule has 1 aliphatic heterocycles. The molecule has 1 fully saturated rings. The minimum atomic E-state index is -0.361. The van der Waals surface area contributed by atoms with Crippen LogP contribution in [0.3, 0.4) is 0 Å². The lowest BCUT2D eigenvalue weighted by molar-refractivity contribution is -0.122. The molecular weight excluding hydrogens is 326 g/mol. The van der Waals surface area contributed by atoms with Crippen LogP contribution in [0.5, 0.6) is 0 Å². The van der Waals surface area contributed by atoms with E-state index in [0.717, 1.165) is 31.5 Å². The fourth-order valence-corrected chi connectivity index (χ4v) is 3.22. The zero-order valence-corrected chi connectivity index (χ0v) is 14.8. The maximum Gasteiger partial charge on any atom is 0.251 e. The van der Waals surface area contributed by atoms with Gasteiger partial charge in [-0.1, -0.05) is 48.5 Å². The van der Waals surface area contributed by atoms with E-state index in [4.69, 9.17) is 0 Å². The summed E-state index contributed by atoms with van der Waals surface area (Å²) in [5.74, 6) is -0.215. The molecule has 136 valence electrons. The summed E-state index contributed by atoms with van der Waals surface area (Å²) in [6.07, 6.45) is 2.28. The first kappa shape index (κ1) is 18.1. The Kier molecular flexibility index (Phi) is 6.39. The van der Waals surface area contributed by atoms with Gasteiger partial charge < -0.3 is 16.0 Å². The van der Waals surface area contributed by atoms with Crippen molar-refractivity contribution >= 4 is 11.8 Å². The fraction of sp³-hybridized carbons (Fsp3) is 0.333. The zero-order chi connectivity index (χ0) is 18.2. The molecule has 3 N–H and O–H groups in total. The Labute approximate surface area is 154 Å². The van der Waals surface area contributed by atoms with Gasteiger partial charge in [-0.25, -0.2) is 0 Å². The second-order valence-electron chi connectivity index (χ2n) is 6.62. The van der Waals surface area contributed by atoms with Crippen molar-refractivity contribution in [3.8, 4) is 0 Å². The topological polar surface area (TPSA) is 70.2 Å². The average Bonchev–Trinajstić information content (AvgIpc) is 2.69. The van der Waals surface area contributed by atoms with Crippen LogP contribution >= 0.6 is 0 Å². The van der Waals surface area contributed by atoms with Crippen molar-refractivity contribution in [2.24, 2.45) is 0 Å².